The van der Waals surface area contributed by atoms with Gasteiger partial charge >= 0.3 is 0 Å². The Bertz CT molecular complexity index is 652. The Morgan fingerprint density at radius 2 is 2.09 bits per heavy atom. The quantitative estimate of drug-likeness (QED) is 0.790. The molecule has 122 valence electrons. The minimum atomic E-state index is -0.261. The van der Waals surface area contributed by atoms with E-state index >= 15 is 0 Å². The van der Waals surface area contributed by atoms with Gasteiger partial charge in [-0.1, -0.05) is 44.2 Å². The van der Waals surface area contributed by atoms with Crippen molar-refractivity contribution in [1.29, 1.82) is 0 Å². The summed E-state index contributed by atoms with van der Waals surface area (Å²) in [4.78, 5) is 12.5. The first kappa shape index (κ1) is 15.7. The van der Waals surface area contributed by atoms with Crippen LogP contribution in [0, 0.1) is 5.92 Å². The van der Waals surface area contributed by atoms with Crippen molar-refractivity contribution in [2.24, 2.45) is 5.92 Å². The van der Waals surface area contributed by atoms with Crippen LogP contribution in [0.1, 0.15) is 31.9 Å². The van der Waals surface area contributed by atoms with Crippen LogP contribution in [0.5, 0.6) is 0 Å². The predicted molar refractivity (Wildman–Crippen MR) is 89.6 cm³/mol. The van der Waals surface area contributed by atoms with Crippen LogP contribution in [-0.2, 0) is 11.3 Å². The number of anilines is 1. The smallest absolute Gasteiger partial charge is 0.244 e. The Balaban J connectivity index is 1.61. The molecule has 0 bridgehead atoms. The summed E-state index contributed by atoms with van der Waals surface area (Å²) in [5.41, 5.74) is 7.46. The number of hydrogen-bond donors (Lipinski definition) is 3. The largest absolute Gasteiger partial charge is 0.309 e. The van der Waals surface area contributed by atoms with E-state index < -0.39 is 0 Å². The number of nitrogens with one attached hydrogen (secondary N) is 3. The van der Waals surface area contributed by atoms with Crippen LogP contribution >= 0.6 is 0 Å². The van der Waals surface area contributed by atoms with E-state index in [0.29, 0.717) is 12.3 Å². The molecule has 2 unspecified atom stereocenters. The summed E-state index contributed by atoms with van der Waals surface area (Å²) in [6, 6.07) is 11.9. The van der Waals surface area contributed by atoms with Gasteiger partial charge in [-0.2, -0.15) is 5.10 Å². The van der Waals surface area contributed by atoms with E-state index in [-0.39, 0.29) is 18.0 Å². The Labute approximate surface area is 136 Å². The molecule has 0 saturated carbocycles. The van der Waals surface area contributed by atoms with Crippen LogP contribution in [0.15, 0.2) is 42.6 Å². The summed E-state index contributed by atoms with van der Waals surface area (Å²) in [6.07, 6.45) is 2.43. The molecule has 1 aromatic heterocycles. The highest BCUT2D eigenvalue weighted by atomic mass is 16.2. The van der Waals surface area contributed by atoms with E-state index in [1.807, 2.05) is 28.9 Å². The fourth-order valence-electron chi connectivity index (χ4n) is 2.78. The van der Waals surface area contributed by atoms with Crippen molar-refractivity contribution in [3.63, 3.8) is 0 Å². The molecular formula is C17H23N5O. The standard InChI is InChI=1S/C17H23N5O/c1-12(2)11-22-16(8-9-18-22)19-17(23)15-10-14(20-21-15)13-6-4-3-5-7-13/h3-9,12,14-15,20-21H,10-11H2,1-2H3,(H,19,23). The summed E-state index contributed by atoms with van der Waals surface area (Å²) in [6.45, 7) is 5.03. The number of carbonyl (C=O) groups is 1. The number of hydrogen-bond acceptors (Lipinski definition) is 4. The maximum atomic E-state index is 12.5. The zero-order chi connectivity index (χ0) is 16.2. The van der Waals surface area contributed by atoms with Crippen LogP contribution in [-0.4, -0.2) is 21.7 Å². The lowest BCUT2D eigenvalue weighted by atomic mass is 10.0. The van der Waals surface area contributed by atoms with Crippen molar-refractivity contribution in [1.82, 2.24) is 20.6 Å². The molecule has 2 atom stereocenters. The van der Waals surface area contributed by atoms with E-state index in [9.17, 15) is 4.79 Å². The lowest BCUT2D eigenvalue weighted by molar-refractivity contribution is -0.117. The Morgan fingerprint density at radius 3 is 2.83 bits per heavy atom. The van der Waals surface area contributed by atoms with Crippen LogP contribution in [0.2, 0.25) is 0 Å². The van der Waals surface area contributed by atoms with Gasteiger partial charge in [0, 0.05) is 18.7 Å². The van der Waals surface area contributed by atoms with E-state index in [2.05, 4.69) is 47.2 Å². The van der Waals surface area contributed by atoms with Crippen molar-refractivity contribution in [2.75, 3.05) is 5.32 Å². The fraction of sp³-hybridized carbons (Fsp3) is 0.412. The van der Waals surface area contributed by atoms with Crippen molar-refractivity contribution in [2.45, 2.75) is 38.9 Å². The molecule has 2 heterocycles. The van der Waals surface area contributed by atoms with Crippen molar-refractivity contribution < 1.29 is 4.79 Å². The summed E-state index contributed by atoms with van der Waals surface area (Å²) < 4.78 is 1.83. The van der Waals surface area contributed by atoms with Gasteiger partial charge in [0.25, 0.3) is 0 Å². The second kappa shape index (κ2) is 6.93. The van der Waals surface area contributed by atoms with Gasteiger partial charge in [-0.3, -0.25) is 4.79 Å². The third-order valence-electron chi connectivity index (χ3n) is 3.93. The first-order valence-corrected chi connectivity index (χ1v) is 8.02. The zero-order valence-electron chi connectivity index (χ0n) is 13.5. The van der Waals surface area contributed by atoms with Crippen LogP contribution < -0.4 is 16.2 Å². The van der Waals surface area contributed by atoms with Crippen molar-refractivity contribution >= 4 is 11.7 Å². The minimum absolute atomic E-state index is 0.0403. The molecule has 1 fully saturated rings. The predicted octanol–water partition coefficient (Wildman–Crippen LogP) is 2.09. The van der Waals surface area contributed by atoms with Gasteiger partial charge in [-0.15, -0.1) is 0 Å². The maximum Gasteiger partial charge on any atom is 0.244 e. The van der Waals surface area contributed by atoms with Gasteiger partial charge in [0.15, 0.2) is 0 Å². The van der Waals surface area contributed by atoms with Gasteiger partial charge in [0.2, 0.25) is 5.91 Å². The molecule has 23 heavy (non-hydrogen) atoms. The minimum Gasteiger partial charge on any atom is -0.309 e. The van der Waals surface area contributed by atoms with Gasteiger partial charge in [0.1, 0.15) is 11.9 Å². The molecule has 1 amide bonds. The van der Waals surface area contributed by atoms with Crippen LogP contribution in [0.3, 0.4) is 0 Å². The lowest BCUT2D eigenvalue weighted by Crippen LogP contribution is -2.40. The Morgan fingerprint density at radius 1 is 1.30 bits per heavy atom. The maximum absolute atomic E-state index is 12.5. The second-order valence-electron chi connectivity index (χ2n) is 6.32. The van der Waals surface area contributed by atoms with E-state index in [0.717, 1.165) is 12.4 Å². The van der Waals surface area contributed by atoms with Crippen LogP contribution in [0.4, 0.5) is 5.82 Å². The molecule has 3 N–H and O–H groups in total. The number of carbonyl (C=O) groups excluding carboxylic acids is 1. The first-order chi connectivity index (χ1) is 11.1. The SMILES string of the molecule is CC(C)Cn1nccc1NC(=O)C1CC(c2ccccc2)NN1. The molecule has 6 heteroatoms. The molecule has 1 saturated heterocycles. The average Bonchev–Trinajstić information content (AvgIpc) is 3.18. The Hall–Kier alpha value is -2.18. The molecule has 1 aromatic carbocycles. The summed E-state index contributed by atoms with van der Waals surface area (Å²) in [5.74, 6) is 1.18. The molecule has 0 aliphatic carbocycles. The molecule has 0 spiro atoms. The third-order valence-corrected chi connectivity index (χ3v) is 3.93. The van der Waals surface area contributed by atoms with E-state index in [1.165, 1.54) is 5.56 Å². The number of nitrogens with zero attached hydrogens (tertiary/aromatic N) is 2. The average molecular weight is 313 g/mol. The number of benzene rings is 1. The molecule has 6 nitrogen and oxygen atoms in total. The number of hydrazine groups is 1. The van der Waals surface area contributed by atoms with Crippen LogP contribution in [0.25, 0.3) is 0 Å². The highest BCUT2D eigenvalue weighted by molar-refractivity contribution is 5.94. The normalized spacial score (nSPS) is 20.8. The lowest BCUT2D eigenvalue weighted by Gasteiger charge is -2.13. The van der Waals surface area contributed by atoms with E-state index in [4.69, 9.17) is 0 Å². The Kier molecular flexibility index (Phi) is 4.73. The van der Waals surface area contributed by atoms with Gasteiger partial charge in [0.05, 0.1) is 6.20 Å². The van der Waals surface area contributed by atoms with Crippen molar-refractivity contribution in [3.8, 4) is 0 Å². The molecule has 0 radical (unpaired) electrons. The summed E-state index contributed by atoms with van der Waals surface area (Å²) in [5, 5.41) is 7.23. The second-order valence-corrected chi connectivity index (χ2v) is 6.32. The number of aromatic nitrogens is 2. The van der Waals surface area contributed by atoms with Gasteiger partial charge < -0.3 is 5.32 Å². The van der Waals surface area contributed by atoms with Gasteiger partial charge in [-0.25, -0.2) is 15.5 Å². The van der Waals surface area contributed by atoms with Crippen molar-refractivity contribution in [3.05, 3.63) is 48.2 Å². The fourth-order valence-corrected chi connectivity index (χ4v) is 2.78. The number of amides is 1. The highest BCUT2D eigenvalue weighted by Crippen LogP contribution is 2.22. The first-order valence-electron chi connectivity index (χ1n) is 8.02. The van der Waals surface area contributed by atoms with Gasteiger partial charge in [-0.05, 0) is 17.9 Å². The number of rotatable bonds is 5. The highest BCUT2D eigenvalue weighted by Gasteiger charge is 2.30. The third kappa shape index (κ3) is 3.78. The van der Waals surface area contributed by atoms with E-state index in [1.54, 1.807) is 6.20 Å². The summed E-state index contributed by atoms with van der Waals surface area (Å²) >= 11 is 0. The molecular weight excluding hydrogens is 290 g/mol. The zero-order valence-corrected chi connectivity index (χ0v) is 13.5. The molecule has 3 rings (SSSR count). The molecule has 1 aliphatic rings. The topological polar surface area (TPSA) is 71.0 Å². The molecule has 2 aromatic rings. The molecule has 1 aliphatic heterocycles. The monoisotopic (exact) mass is 313 g/mol. The summed E-state index contributed by atoms with van der Waals surface area (Å²) in [7, 11) is 0.